The molecule has 0 amide bonds. The Kier molecular flexibility index (Phi) is 5.83. The molecule has 2 aromatic carbocycles. The van der Waals surface area contributed by atoms with Crippen molar-refractivity contribution >= 4 is 32.5 Å². The second-order valence-electron chi connectivity index (χ2n) is 5.57. The standard InChI is InChI=1S/C18H21BrO3/c1-2-3-4-5-6-7-16(20)15-11-12-10-13(19)8-9-14(12)17(21)18(15)22/h8-11,21-22H,2-7H2,1H3. The van der Waals surface area contributed by atoms with Gasteiger partial charge in [0.1, 0.15) is 0 Å². The number of phenolic OH excluding ortho intramolecular Hbond substituents is 2. The lowest BCUT2D eigenvalue weighted by molar-refractivity contribution is 0.0976. The molecule has 0 aliphatic carbocycles. The van der Waals surface area contributed by atoms with Crippen LogP contribution < -0.4 is 0 Å². The molecule has 0 bridgehead atoms. The summed E-state index contributed by atoms with van der Waals surface area (Å²) in [7, 11) is 0. The predicted octanol–water partition coefficient (Wildman–Crippen LogP) is 5.56. The summed E-state index contributed by atoms with van der Waals surface area (Å²) < 4.78 is 0.864. The van der Waals surface area contributed by atoms with Crippen LogP contribution in [0.3, 0.4) is 0 Å². The monoisotopic (exact) mass is 364 g/mol. The van der Waals surface area contributed by atoms with E-state index in [1.54, 1.807) is 18.2 Å². The minimum atomic E-state index is -0.312. The summed E-state index contributed by atoms with van der Waals surface area (Å²) in [5, 5.41) is 21.5. The molecule has 2 N–H and O–H groups in total. The molecule has 0 saturated heterocycles. The zero-order valence-electron chi connectivity index (χ0n) is 12.7. The molecule has 0 aromatic heterocycles. The fourth-order valence-electron chi connectivity index (χ4n) is 2.58. The van der Waals surface area contributed by atoms with Crippen LogP contribution in [0.1, 0.15) is 55.8 Å². The van der Waals surface area contributed by atoms with E-state index in [0.717, 1.165) is 29.1 Å². The first-order valence-corrected chi connectivity index (χ1v) is 8.51. The number of hydrogen-bond acceptors (Lipinski definition) is 3. The van der Waals surface area contributed by atoms with Gasteiger partial charge in [-0.3, -0.25) is 4.79 Å². The van der Waals surface area contributed by atoms with E-state index in [2.05, 4.69) is 22.9 Å². The van der Waals surface area contributed by atoms with Crippen molar-refractivity contribution < 1.29 is 15.0 Å². The first-order chi connectivity index (χ1) is 10.5. The van der Waals surface area contributed by atoms with Gasteiger partial charge in [0.2, 0.25) is 0 Å². The maximum Gasteiger partial charge on any atom is 0.169 e. The van der Waals surface area contributed by atoms with Gasteiger partial charge in [-0.1, -0.05) is 48.5 Å². The molecule has 0 radical (unpaired) electrons. The van der Waals surface area contributed by atoms with Crippen LogP contribution in [0.2, 0.25) is 0 Å². The Hall–Kier alpha value is -1.55. The van der Waals surface area contributed by atoms with Crippen LogP contribution in [0.5, 0.6) is 11.5 Å². The molecule has 4 heteroatoms. The summed E-state index contributed by atoms with van der Waals surface area (Å²) in [5.74, 6) is -0.654. The number of hydrogen-bond donors (Lipinski definition) is 2. The number of rotatable bonds is 7. The molecule has 0 heterocycles. The van der Waals surface area contributed by atoms with Gasteiger partial charge in [-0.15, -0.1) is 0 Å². The minimum absolute atomic E-state index is 0.119. The van der Waals surface area contributed by atoms with Crippen molar-refractivity contribution in [1.29, 1.82) is 0 Å². The minimum Gasteiger partial charge on any atom is -0.504 e. The number of carbonyl (C=O) groups excluding carboxylic acids is 1. The summed E-state index contributed by atoms with van der Waals surface area (Å²) in [4.78, 5) is 12.3. The number of halogens is 1. The van der Waals surface area contributed by atoms with E-state index in [0.29, 0.717) is 11.8 Å². The van der Waals surface area contributed by atoms with E-state index in [9.17, 15) is 15.0 Å². The number of ketones is 1. The Morgan fingerprint density at radius 1 is 1.05 bits per heavy atom. The summed E-state index contributed by atoms with van der Waals surface area (Å²) in [6, 6.07) is 6.99. The molecule has 22 heavy (non-hydrogen) atoms. The molecule has 3 nitrogen and oxygen atoms in total. The van der Waals surface area contributed by atoms with Crippen molar-refractivity contribution in [1.82, 2.24) is 0 Å². The van der Waals surface area contributed by atoms with Gasteiger partial charge in [-0.05, 0) is 36.1 Å². The highest BCUT2D eigenvalue weighted by molar-refractivity contribution is 9.10. The third-order valence-electron chi connectivity index (χ3n) is 3.86. The van der Waals surface area contributed by atoms with E-state index < -0.39 is 0 Å². The van der Waals surface area contributed by atoms with E-state index in [1.807, 2.05) is 6.07 Å². The Labute approximate surface area is 139 Å². The van der Waals surface area contributed by atoms with E-state index in [-0.39, 0.29) is 22.8 Å². The molecule has 2 aromatic rings. The van der Waals surface area contributed by atoms with Crippen molar-refractivity contribution in [3.63, 3.8) is 0 Å². The quantitative estimate of drug-likeness (QED) is 0.384. The zero-order chi connectivity index (χ0) is 16.1. The first-order valence-electron chi connectivity index (χ1n) is 7.72. The normalized spacial score (nSPS) is 11.0. The fraction of sp³-hybridized carbons (Fsp3) is 0.389. The van der Waals surface area contributed by atoms with Crippen LogP contribution in [0.4, 0.5) is 0 Å². The van der Waals surface area contributed by atoms with E-state index >= 15 is 0 Å². The van der Waals surface area contributed by atoms with Gasteiger partial charge in [0.15, 0.2) is 17.3 Å². The number of carbonyl (C=O) groups is 1. The number of unbranched alkanes of at least 4 members (excludes halogenated alkanes) is 4. The summed E-state index contributed by atoms with van der Waals surface area (Å²) in [6.45, 7) is 2.15. The molecule has 0 atom stereocenters. The van der Waals surface area contributed by atoms with Crippen molar-refractivity contribution in [3.8, 4) is 11.5 Å². The molecular weight excluding hydrogens is 344 g/mol. The summed E-state index contributed by atoms with van der Waals surface area (Å²) >= 11 is 3.37. The van der Waals surface area contributed by atoms with Crippen molar-refractivity contribution in [3.05, 3.63) is 34.3 Å². The SMILES string of the molecule is CCCCCCCC(=O)c1cc2cc(Br)ccc2c(O)c1O. The maximum atomic E-state index is 12.3. The van der Waals surface area contributed by atoms with E-state index in [4.69, 9.17) is 0 Å². The highest BCUT2D eigenvalue weighted by atomic mass is 79.9. The number of Topliss-reactive ketones (excluding diaryl/α,β-unsaturated/α-hetero) is 1. The third kappa shape index (κ3) is 3.80. The molecule has 118 valence electrons. The van der Waals surface area contributed by atoms with Gasteiger partial charge in [0, 0.05) is 16.3 Å². The molecule has 0 fully saturated rings. The predicted molar refractivity (Wildman–Crippen MR) is 92.7 cm³/mol. The fourth-order valence-corrected chi connectivity index (χ4v) is 2.96. The Balaban J connectivity index is 2.19. The van der Waals surface area contributed by atoms with Crippen molar-refractivity contribution in [2.45, 2.75) is 45.4 Å². The van der Waals surface area contributed by atoms with Gasteiger partial charge in [-0.2, -0.15) is 0 Å². The average Bonchev–Trinajstić information content (AvgIpc) is 2.50. The number of phenols is 2. The summed E-state index contributed by atoms with van der Waals surface area (Å²) in [6.07, 6.45) is 5.72. The Bertz CT molecular complexity index is 680. The second kappa shape index (κ2) is 7.63. The smallest absolute Gasteiger partial charge is 0.169 e. The first kappa shape index (κ1) is 16.8. The van der Waals surface area contributed by atoms with E-state index in [1.165, 1.54) is 12.8 Å². The average molecular weight is 365 g/mol. The number of fused-ring (bicyclic) bond motifs is 1. The molecule has 0 aliphatic rings. The van der Waals surface area contributed by atoms with Gasteiger partial charge >= 0.3 is 0 Å². The molecule has 0 saturated carbocycles. The molecule has 0 spiro atoms. The van der Waals surface area contributed by atoms with Crippen LogP contribution in [0, 0.1) is 0 Å². The lowest BCUT2D eigenvalue weighted by Gasteiger charge is -2.09. The highest BCUT2D eigenvalue weighted by Crippen LogP contribution is 2.38. The lowest BCUT2D eigenvalue weighted by atomic mass is 9.98. The van der Waals surface area contributed by atoms with Gasteiger partial charge in [0.25, 0.3) is 0 Å². The van der Waals surface area contributed by atoms with Crippen LogP contribution in [-0.2, 0) is 0 Å². The summed E-state index contributed by atoms with van der Waals surface area (Å²) in [5.41, 5.74) is 0.207. The second-order valence-corrected chi connectivity index (χ2v) is 6.49. The molecule has 0 aliphatic heterocycles. The zero-order valence-corrected chi connectivity index (χ0v) is 14.3. The molecular formula is C18H21BrO3. The van der Waals surface area contributed by atoms with Gasteiger partial charge in [0.05, 0.1) is 5.56 Å². The Morgan fingerprint density at radius 3 is 2.50 bits per heavy atom. The highest BCUT2D eigenvalue weighted by Gasteiger charge is 2.17. The largest absolute Gasteiger partial charge is 0.504 e. The maximum absolute atomic E-state index is 12.3. The molecule has 0 unspecified atom stereocenters. The topological polar surface area (TPSA) is 57.5 Å². The van der Waals surface area contributed by atoms with Gasteiger partial charge in [-0.25, -0.2) is 0 Å². The van der Waals surface area contributed by atoms with Crippen LogP contribution in [0.25, 0.3) is 10.8 Å². The van der Waals surface area contributed by atoms with Crippen LogP contribution in [0.15, 0.2) is 28.7 Å². The number of benzene rings is 2. The molecule has 2 rings (SSSR count). The number of aromatic hydroxyl groups is 2. The van der Waals surface area contributed by atoms with Crippen molar-refractivity contribution in [2.75, 3.05) is 0 Å². The van der Waals surface area contributed by atoms with Crippen LogP contribution >= 0.6 is 15.9 Å². The van der Waals surface area contributed by atoms with Crippen molar-refractivity contribution in [2.24, 2.45) is 0 Å². The lowest BCUT2D eigenvalue weighted by Crippen LogP contribution is -2.00. The van der Waals surface area contributed by atoms with Gasteiger partial charge < -0.3 is 10.2 Å². The third-order valence-corrected chi connectivity index (χ3v) is 4.35. The van der Waals surface area contributed by atoms with Crippen LogP contribution in [-0.4, -0.2) is 16.0 Å². The Morgan fingerprint density at radius 2 is 1.77 bits per heavy atom.